The minimum absolute atomic E-state index is 0.124. The lowest BCUT2D eigenvalue weighted by atomic mass is 10.1. The standard InChI is InChI=1S/C23H27N3O2/c1-4-5-11-23(27)26(19-9-7-6-8-10-19)20-12-13-22(28-3)21(18-20)25-16-14-24(2)15-17-25/h4-13,18H,1,14-17H2,2-3H3. The summed E-state index contributed by atoms with van der Waals surface area (Å²) in [6.45, 7) is 7.50. The highest BCUT2D eigenvalue weighted by molar-refractivity contribution is 6.07. The normalized spacial score (nSPS) is 14.9. The van der Waals surface area contributed by atoms with Gasteiger partial charge in [-0.05, 0) is 37.4 Å². The number of rotatable bonds is 6. The van der Waals surface area contributed by atoms with Crippen molar-refractivity contribution in [3.63, 3.8) is 0 Å². The third kappa shape index (κ3) is 4.43. The maximum absolute atomic E-state index is 12.9. The van der Waals surface area contributed by atoms with Crippen LogP contribution in [0, 0.1) is 0 Å². The van der Waals surface area contributed by atoms with Crippen LogP contribution in [-0.4, -0.2) is 51.1 Å². The van der Waals surface area contributed by atoms with Crippen LogP contribution in [0.5, 0.6) is 5.75 Å². The first-order chi connectivity index (χ1) is 13.6. The average molecular weight is 377 g/mol. The molecule has 5 nitrogen and oxygen atoms in total. The molecule has 1 saturated heterocycles. The lowest BCUT2D eigenvalue weighted by molar-refractivity contribution is -0.113. The van der Waals surface area contributed by atoms with Crippen molar-refractivity contribution >= 4 is 23.0 Å². The number of methoxy groups -OCH3 is 1. The van der Waals surface area contributed by atoms with E-state index in [9.17, 15) is 4.79 Å². The molecule has 0 N–H and O–H groups in total. The number of allylic oxidation sites excluding steroid dienone is 2. The van der Waals surface area contributed by atoms with Crippen LogP contribution in [0.4, 0.5) is 17.1 Å². The maximum Gasteiger partial charge on any atom is 0.255 e. The summed E-state index contributed by atoms with van der Waals surface area (Å²) in [7, 11) is 3.81. The highest BCUT2D eigenvalue weighted by Gasteiger charge is 2.21. The van der Waals surface area contributed by atoms with Gasteiger partial charge in [0.15, 0.2) is 0 Å². The zero-order valence-electron chi connectivity index (χ0n) is 16.5. The Labute approximate surface area is 167 Å². The third-order valence-corrected chi connectivity index (χ3v) is 4.87. The summed E-state index contributed by atoms with van der Waals surface area (Å²) in [6.07, 6.45) is 4.79. The topological polar surface area (TPSA) is 36.0 Å². The van der Waals surface area contributed by atoms with Crippen LogP contribution in [0.3, 0.4) is 0 Å². The Hall–Kier alpha value is -3.05. The van der Waals surface area contributed by atoms with Gasteiger partial charge in [-0.3, -0.25) is 9.69 Å². The van der Waals surface area contributed by atoms with Gasteiger partial charge in [-0.25, -0.2) is 0 Å². The van der Waals surface area contributed by atoms with E-state index in [0.29, 0.717) is 0 Å². The largest absolute Gasteiger partial charge is 0.495 e. The molecule has 5 heteroatoms. The molecule has 0 aromatic heterocycles. The molecule has 1 heterocycles. The van der Waals surface area contributed by atoms with Crippen molar-refractivity contribution < 1.29 is 9.53 Å². The molecule has 1 aliphatic heterocycles. The highest BCUT2D eigenvalue weighted by atomic mass is 16.5. The first-order valence-electron chi connectivity index (χ1n) is 9.44. The zero-order valence-corrected chi connectivity index (χ0v) is 16.5. The molecule has 0 bridgehead atoms. The van der Waals surface area contributed by atoms with E-state index in [1.54, 1.807) is 24.2 Å². The Kier molecular flexibility index (Phi) is 6.50. The molecular formula is C23H27N3O2. The first kappa shape index (κ1) is 19.7. The minimum atomic E-state index is -0.124. The van der Waals surface area contributed by atoms with Gasteiger partial charge in [0, 0.05) is 37.9 Å². The average Bonchev–Trinajstić information content (AvgIpc) is 2.73. The molecule has 3 rings (SSSR count). The Morgan fingerprint density at radius 2 is 1.79 bits per heavy atom. The van der Waals surface area contributed by atoms with Crippen LogP contribution in [-0.2, 0) is 4.79 Å². The predicted molar refractivity (Wildman–Crippen MR) is 116 cm³/mol. The minimum Gasteiger partial charge on any atom is -0.495 e. The van der Waals surface area contributed by atoms with Crippen molar-refractivity contribution in [3.8, 4) is 5.75 Å². The van der Waals surface area contributed by atoms with Gasteiger partial charge in [-0.2, -0.15) is 0 Å². The van der Waals surface area contributed by atoms with Crippen LogP contribution in [0.25, 0.3) is 0 Å². The quantitative estimate of drug-likeness (QED) is 0.566. The number of ether oxygens (including phenoxy) is 1. The number of benzene rings is 2. The number of piperazine rings is 1. The number of carbonyl (C=O) groups is 1. The van der Waals surface area contributed by atoms with Crippen LogP contribution in [0.2, 0.25) is 0 Å². The number of hydrogen-bond acceptors (Lipinski definition) is 4. The van der Waals surface area contributed by atoms with Crippen molar-refractivity contribution in [1.82, 2.24) is 4.90 Å². The second-order valence-corrected chi connectivity index (χ2v) is 6.75. The Bertz CT molecular complexity index is 840. The number of carbonyl (C=O) groups excluding carboxylic acids is 1. The number of hydrogen-bond donors (Lipinski definition) is 0. The number of likely N-dealkylation sites (N-methyl/N-ethyl adjacent to an activating group) is 1. The molecule has 0 radical (unpaired) electrons. The molecule has 0 unspecified atom stereocenters. The summed E-state index contributed by atoms with van der Waals surface area (Å²) in [5, 5.41) is 0. The molecule has 28 heavy (non-hydrogen) atoms. The van der Waals surface area contributed by atoms with E-state index in [2.05, 4.69) is 23.4 Å². The van der Waals surface area contributed by atoms with Crippen LogP contribution < -0.4 is 14.5 Å². The molecule has 1 aliphatic rings. The Morgan fingerprint density at radius 3 is 2.43 bits per heavy atom. The smallest absolute Gasteiger partial charge is 0.255 e. The molecule has 0 saturated carbocycles. The molecule has 2 aromatic rings. The number of anilines is 3. The lowest BCUT2D eigenvalue weighted by Gasteiger charge is -2.35. The molecule has 146 valence electrons. The maximum atomic E-state index is 12.9. The van der Waals surface area contributed by atoms with Gasteiger partial charge in [-0.1, -0.05) is 36.9 Å². The summed E-state index contributed by atoms with van der Waals surface area (Å²) >= 11 is 0. The summed E-state index contributed by atoms with van der Waals surface area (Å²) < 4.78 is 5.61. The van der Waals surface area contributed by atoms with Gasteiger partial charge in [0.1, 0.15) is 5.75 Å². The molecular weight excluding hydrogens is 350 g/mol. The van der Waals surface area contributed by atoms with Gasteiger partial charge in [0.05, 0.1) is 18.5 Å². The molecule has 1 amide bonds. The van der Waals surface area contributed by atoms with Crippen molar-refractivity contribution in [2.75, 3.05) is 50.1 Å². The molecule has 0 aliphatic carbocycles. The molecule has 2 aromatic carbocycles. The van der Waals surface area contributed by atoms with Crippen LogP contribution in [0.1, 0.15) is 0 Å². The SMILES string of the molecule is C=CC=CC(=O)N(c1ccccc1)c1ccc(OC)c(N2CCN(C)CC2)c1. The van der Waals surface area contributed by atoms with Gasteiger partial charge in [0.2, 0.25) is 0 Å². The van der Waals surface area contributed by atoms with Gasteiger partial charge < -0.3 is 14.5 Å². The van der Waals surface area contributed by atoms with Gasteiger partial charge >= 0.3 is 0 Å². The lowest BCUT2D eigenvalue weighted by Crippen LogP contribution is -2.44. The molecule has 0 spiro atoms. The van der Waals surface area contributed by atoms with E-state index in [0.717, 1.165) is 49.0 Å². The monoisotopic (exact) mass is 377 g/mol. The number of amides is 1. The molecule has 1 fully saturated rings. The fraction of sp³-hybridized carbons (Fsp3) is 0.261. The number of para-hydroxylation sites is 1. The second-order valence-electron chi connectivity index (χ2n) is 6.75. The Morgan fingerprint density at radius 1 is 1.07 bits per heavy atom. The predicted octanol–water partition coefficient (Wildman–Crippen LogP) is 3.85. The summed E-state index contributed by atoms with van der Waals surface area (Å²) in [5.41, 5.74) is 2.63. The third-order valence-electron chi connectivity index (χ3n) is 4.87. The summed E-state index contributed by atoms with van der Waals surface area (Å²) in [5.74, 6) is 0.691. The summed E-state index contributed by atoms with van der Waals surface area (Å²) in [6, 6.07) is 15.6. The zero-order chi connectivity index (χ0) is 19.9. The highest BCUT2D eigenvalue weighted by Crippen LogP contribution is 2.36. The number of nitrogens with zero attached hydrogens (tertiary/aromatic N) is 3. The first-order valence-corrected chi connectivity index (χ1v) is 9.44. The van der Waals surface area contributed by atoms with E-state index >= 15 is 0 Å². The van der Waals surface area contributed by atoms with Crippen LogP contribution >= 0.6 is 0 Å². The van der Waals surface area contributed by atoms with E-state index < -0.39 is 0 Å². The van der Waals surface area contributed by atoms with E-state index in [1.165, 1.54) is 6.08 Å². The van der Waals surface area contributed by atoms with Crippen LogP contribution in [0.15, 0.2) is 73.3 Å². The van der Waals surface area contributed by atoms with E-state index in [1.807, 2.05) is 48.5 Å². The van der Waals surface area contributed by atoms with Crippen molar-refractivity contribution in [3.05, 3.63) is 73.3 Å². The fourth-order valence-corrected chi connectivity index (χ4v) is 3.32. The summed E-state index contributed by atoms with van der Waals surface area (Å²) in [4.78, 5) is 19.3. The molecule has 0 atom stereocenters. The Balaban J connectivity index is 2.02. The van der Waals surface area contributed by atoms with Gasteiger partial charge in [-0.15, -0.1) is 0 Å². The van der Waals surface area contributed by atoms with Crippen molar-refractivity contribution in [2.45, 2.75) is 0 Å². The van der Waals surface area contributed by atoms with E-state index in [4.69, 9.17) is 4.74 Å². The second kappa shape index (κ2) is 9.24. The fourth-order valence-electron chi connectivity index (χ4n) is 3.32. The van der Waals surface area contributed by atoms with Crippen molar-refractivity contribution in [1.29, 1.82) is 0 Å². The van der Waals surface area contributed by atoms with Crippen molar-refractivity contribution in [2.24, 2.45) is 0 Å². The van der Waals surface area contributed by atoms with Gasteiger partial charge in [0.25, 0.3) is 5.91 Å². The van der Waals surface area contributed by atoms with E-state index in [-0.39, 0.29) is 5.91 Å².